The van der Waals surface area contributed by atoms with E-state index in [4.69, 9.17) is 0 Å². The minimum atomic E-state index is -3.55. The maximum absolute atomic E-state index is 12.8. The van der Waals surface area contributed by atoms with Crippen LogP contribution in [0, 0.1) is 11.3 Å². The van der Waals surface area contributed by atoms with Crippen LogP contribution in [0.4, 0.5) is 0 Å². The first-order chi connectivity index (χ1) is 9.64. The minimum Gasteiger partial charge on any atom is -0.235 e. The molecule has 1 saturated heterocycles. The van der Waals surface area contributed by atoms with Gasteiger partial charge in [-0.3, -0.25) is 0 Å². The van der Waals surface area contributed by atoms with Crippen LogP contribution in [0.3, 0.4) is 0 Å². The van der Waals surface area contributed by atoms with Gasteiger partial charge in [-0.25, -0.2) is 13.1 Å². The summed E-state index contributed by atoms with van der Waals surface area (Å²) in [5, 5.41) is 7.68. The number of aromatic nitrogens is 3. The van der Waals surface area contributed by atoms with Crippen LogP contribution in [0.25, 0.3) is 0 Å². The van der Waals surface area contributed by atoms with Crippen LogP contribution in [0.15, 0.2) is 9.63 Å². The number of nitrogens with zero attached hydrogens (tertiary/aromatic N) is 4. The molecule has 1 aliphatic heterocycles. The summed E-state index contributed by atoms with van der Waals surface area (Å²) >= 11 is 3.18. The molecule has 0 saturated carbocycles. The number of hydrogen-bond donors (Lipinski definition) is 0. The first-order valence-electron chi connectivity index (χ1n) is 7.19. The SMILES string of the molecule is Cn1nnc(Br)c1S(=O)(=O)N1CCCC(C(C)(C)C)CC1. The number of sulfonamides is 1. The zero-order valence-corrected chi connectivity index (χ0v) is 15.4. The summed E-state index contributed by atoms with van der Waals surface area (Å²) in [6, 6.07) is 0. The molecular weight excluding hydrogens is 356 g/mol. The molecule has 8 heteroatoms. The van der Waals surface area contributed by atoms with E-state index in [2.05, 4.69) is 47.0 Å². The van der Waals surface area contributed by atoms with Gasteiger partial charge in [-0.15, -0.1) is 5.10 Å². The molecule has 0 aromatic carbocycles. The first kappa shape index (κ1) is 16.9. The Hall–Kier alpha value is -0.470. The highest BCUT2D eigenvalue weighted by Gasteiger charge is 2.34. The highest BCUT2D eigenvalue weighted by Crippen LogP contribution is 2.35. The molecule has 1 aliphatic rings. The summed E-state index contributed by atoms with van der Waals surface area (Å²) in [5.41, 5.74) is 0.217. The normalized spacial score (nSPS) is 22.2. The van der Waals surface area contributed by atoms with Crippen LogP contribution < -0.4 is 0 Å². The number of rotatable bonds is 2. The second-order valence-corrected chi connectivity index (χ2v) is 9.31. The molecule has 120 valence electrons. The smallest absolute Gasteiger partial charge is 0.235 e. The number of halogens is 1. The van der Waals surface area contributed by atoms with E-state index in [0.717, 1.165) is 19.3 Å². The van der Waals surface area contributed by atoms with E-state index >= 15 is 0 Å². The Kier molecular flexibility index (Phi) is 4.80. The molecule has 0 spiro atoms. The average Bonchev–Trinajstić information content (AvgIpc) is 2.60. The van der Waals surface area contributed by atoms with Crippen molar-refractivity contribution in [1.29, 1.82) is 0 Å². The molecule has 0 N–H and O–H groups in total. The fourth-order valence-corrected chi connectivity index (χ4v) is 5.42. The second-order valence-electron chi connectivity index (χ2n) is 6.71. The predicted octanol–water partition coefficient (Wildman–Crippen LogP) is 2.41. The molecule has 21 heavy (non-hydrogen) atoms. The van der Waals surface area contributed by atoms with Crippen LogP contribution in [0.2, 0.25) is 0 Å². The Labute approximate surface area is 135 Å². The van der Waals surface area contributed by atoms with Gasteiger partial charge in [0.05, 0.1) is 0 Å². The number of hydrogen-bond acceptors (Lipinski definition) is 4. The summed E-state index contributed by atoms with van der Waals surface area (Å²) in [4.78, 5) is 0. The molecule has 1 unspecified atom stereocenters. The van der Waals surface area contributed by atoms with Gasteiger partial charge in [-0.2, -0.15) is 4.31 Å². The molecular formula is C13H23BrN4O2S. The molecule has 1 atom stereocenters. The van der Waals surface area contributed by atoms with Gasteiger partial charge in [-0.1, -0.05) is 26.0 Å². The average molecular weight is 379 g/mol. The number of aryl methyl sites for hydroxylation is 1. The van der Waals surface area contributed by atoms with Crippen LogP contribution >= 0.6 is 15.9 Å². The Morgan fingerprint density at radius 2 is 1.90 bits per heavy atom. The molecule has 2 heterocycles. The van der Waals surface area contributed by atoms with Gasteiger partial charge in [0.15, 0.2) is 4.60 Å². The van der Waals surface area contributed by atoms with E-state index in [1.165, 1.54) is 4.68 Å². The second kappa shape index (κ2) is 5.96. The monoisotopic (exact) mass is 378 g/mol. The highest BCUT2D eigenvalue weighted by atomic mass is 79.9. The minimum absolute atomic E-state index is 0.136. The summed E-state index contributed by atoms with van der Waals surface area (Å²) in [6.45, 7) is 7.80. The zero-order chi connectivity index (χ0) is 15.8. The molecule has 6 nitrogen and oxygen atoms in total. The Morgan fingerprint density at radius 3 is 2.43 bits per heavy atom. The third-order valence-electron chi connectivity index (χ3n) is 4.23. The van der Waals surface area contributed by atoms with Crippen LogP contribution in [-0.2, 0) is 17.1 Å². The van der Waals surface area contributed by atoms with Crippen LogP contribution in [-0.4, -0.2) is 40.8 Å². The van der Waals surface area contributed by atoms with Crippen molar-refractivity contribution in [2.24, 2.45) is 18.4 Å². The molecule has 0 amide bonds. The fourth-order valence-electron chi connectivity index (χ4n) is 2.90. The largest absolute Gasteiger partial charge is 0.263 e. The van der Waals surface area contributed by atoms with Gasteiger partial charge >= 0.3 is 0 Å². The van der Waals surface area contributed by atoms with Gasteiger partial charge in [0.2, 0.25) is 5.03 Å². The third kappa shape index (κ3) is 3.48. The topological polar surface area (TPSA) is 68.1 Å². The van der Waals surface area contributed by atoms with E-state index in [-0.39, 0.29) is 15.0 Å². The molecule has 1 fully saturated rings. The zero-order valence-electron chi connectivity index (χ0n) is 13.0. The molecule has 0 aliphatic carbocycles. The predicted molar refractivity (Wildman–Crippen MR) is 84.3 cm³/mol. The lowest BCUT2D eigenvalue weighted by atomic mass is 9.77. The maximum atomic E-state index is 12.8. The van der Waals surface area contributed by atoms with Crippen LogP contribution in [0.5, 0.6) is 0 Å². The maximum Gasteiger partial charge on any atom is 0.263 e. The molecule has 2 rings (SSSR count). The molecule has 1 aromatic rings. The lowest BCUT2D eigenvalue weighted by molar-refractivity contribution is 0.216. The summed E-state index contributed by atoms with van der Waals surface area (Å²) in [7, 11) is -1.95. The van der Waals surface area contributed by atoms with Crippen molar-refractivity contribution in [1.82, 2.24) is 19.3 Å². The lowest BCUT2D eigenvalue weighted by Crippen LogP contribution is -2.34. The van der Waals surface area contributed by atoms with Crippen molar-refractivity contribution in [3.05, 3.63) is 4.60 Å². The van der Waals surface area contributed by atoms with Crippen molar-refractivity contribution < 1.29 is 8.42 Å². The molecule has 1 aromatic heterocycles. The summed E-state index contributed by atoms with van der Waals surface area (Å²) in [5.74, 6) is 0.547. The Bertz CT molecular complexity index is 587. The quantitative estimate of drug-likeness (QED) is 0.792. The van der Waals surface area contributed by atoms with Crippen molar-refractivity contribution in [3.8, 4) is 0 Å². The Balaban J connectivity index is 2.23. The van der Waals surface area contributed by atoms with E-state index in [0.29, 0.717) is 19.0 Å². The van der Waals surface area contributed by atoms with Gasteiger partial charge in [-0.05, 0) is 46.5 Å². The molecule has 0 radical (unpaired) electrons. The third-order valence-corrected chi connectivity index (χ3v) is 7.02. The lowest BCUT2D eigenvalue weighted by Gasteiger charge is -2.29. The standard InChI is InChI=1S/C13H23BrN4O2S/c1-13(2,3)10-6-5-8-18(9-7-10)21(19,20)12-11(14)15-16-17(12)4/h10H,5-9H2,1-4H3. The van der Waals surface area contributed by atoms with E-state index in [1.807, 2.05) is 0 Å². The van der Waals surface area contributed by atoms with E-state index in [9.17, 15) is 8.42 Å². The summed E-state index contributed by atoms with van der Waals surface area (Å²) < 4.78 is 28.8. The van der Waals surface area contributed by atoms with Crippen LogP contribution in [0.1, 0.15) is 40.0 Å². The first-order valence-corrected chi connectivity index (χ1v) is 9.42. The Morgan fingerprint density at radius 1 is 1.24 bits per heavy atom. The fraction of sp³-hybridized carbons (Fsp3) is 0.846. The van der Waals surface area contributed by atoms with Crippen molar-refractivity contribution in [2.75, 3.05) is 13.1 Å². The van der Waals surface area contributed by atoms with Crippen molar-refractivity contribution >= 4 is 26.0 Å². The van der Waals surface area contributed by atoms with Gasteiger partial charge in [0, 0.05) is 20.1 Å². The van der Waals surface area contributed by atoms with Crippen molar-refractivity contribution in [2.45, 2.75) is 45.1 Å². The molecule has 0 bridgehead atoms. The van der Waals surface area contributed by atoms with Crippen molar-refractivity contribution in [3.63, 3.8) is 0 Å². The van der Waals surface area contributed by atoms with E-state index in [1.54, 1.807) is 11.4 Å². The van der Waals surface area contributed by atoms with Gasteiger partial charge in [0.25, 0.3) is 10.0 Å². The van der Waals surface area contributed by atoms with E-state index < -0.39 is 10.0 Å². The summed E-state index contributed by atoms with van der Waals surface area (Å²) in [6.07, 6.45) is 2.86. The van der Waals surface area contributed by atoms with Gasteiger partial charge < -0.3 is 0 Å². The highest BCUT2D eigenvalue weighted by molar-refractivity contribution is 9.10. The van der Waals surface area contributed by atoms with Gasteiger partial charge in [0.1, 0.15) is 0 Å².